The van der Waals surface area contributed by atoms with Gasteiger partial charge in [0.1, 0.15) is 5.78 Å². The van der Waals surface area contributed by atoms with Crippen molar-refractivity contribution in [1.82, 2.24) is 0 Å². The first-order chi connectivity index (χ1) is 10.5. The highest BCUT2D eigenvalue weighted by Gasteiger charge is 2.59. The van der Waals surface area contributed by atoms with Crippen molar-refractivity contribution in [3.63, 3.8) is 0 Å². The van der Waals surface area contributed by atoms with E-state index in [1.165, 1.54) is 25.7 Å². The monoisotopic (exact) mass is 297 g/mol. The smallest absolute Gasteiger partial charge is 0.139 e. The molecule has 4 aliphatic rings. The molecule has 0 amide bonds. The summed E-state index contributed by atoms with van der Waals surface area (Å²) in [6.45, 7) is 4.74. The van der Waals surface area contributed by atoms with E-state index in [-0.39, 0.29) is 5.41 Å². The molecular weight excluding hydrogens is 270 g/mol. The number of hydrogen-bond donors (Lipinski definition) is 0. The molecule has 0 heterocycles. The molecule has 0 spiro atoms. The zero-order valence-electron chi connectivity index (χ0n) is 13.9. The van der Waals surface area contributed by atoms with Gasteiger partial charge in [-0.1, -0.05) is 19.9 Å². The van der Waals surface area contributed by atoms with Crippen molar-refractivity contribution >= 4 is 5.78 Å². The molecule has 0 radical (unpaired) electrons. The Morgan fingerprint density at radius 3 is 2.68 bits per heavy atom. The number of carbonyl (C=O) groups excluding carboxylic acids is 1. The Balaban J connectivity index is 1.66. The van der Waals surface area contributed by atoms with E-state index in [1.807, 2.05) is 0 Å². The maximum atomic E-state index is 12.4. The van der Waals surface area contributed by atoms with Crippen LogP contribution >= 0.6 is 0 Å². The van der Waals surface area contributed by atoms with Crippen molar-refractivity contribution in [3.05, 3.63) is 11.6 Å². The van der Waals surface area contributed by atoms with Crippen LogP contribution in [0.2, 0.25) is 0 Å². The fourth-order valence-corrected chi connectivity index (χ4v) is 6.72. The van der Waals surface area contributed by atoms with E-state index < -0.39 is 0 Å². The van der Waals surface area contributed by atoms with Crippen LogP contribution < -0.4 is 0 Å². The summed E-state index contributed by atoms with van der Waals surface area (Å²) in [5.41, 5.74) is 1.38. The number of rotatable bonds is 0. The second-order valence-corrected chi connectivity index (χ2v) is 8.79. The predicted octanol–water partition coefficient (Wildman–Crippen LogP) is 4.66. The molecular formula is C20H27NO. The third-order valence-electron chi connectivity index (χ3n) is 8.13. The van der Waals surface area contributed by atoms with Crippen LogP contribution in [0.25, 0.3) is 0 Å². The van der Waals surface area contributed by atoms with Crippen LogP contribution in [0, 0.1) is 45.8 Å². The highest BCUT2D eigenvalue weighted by molar-refractivity contribution is 5.87. The standard InChI is InChI=1S/C20H27NO/c1-19-9-7-13(12-21)11-14(19)3-4-15-16-5-6-18(22)20(16,2)10-8-17(15)19/h11,14-17H,3-10H2,1-2H3/t14-,15+,16-,17+,19-,20-/m0/s1. The molecule has 0 saturated heterocycles. The molecule has 2 nitrogen and oxygen atoms in total. The first-order valence-corrected chi connectivity index (χ1v) is 9.13. The molecule has 0 aromatic rings. The van der Waals surface area contributed by atoms with Crippen molar-refractivity contribution in [3.8, 4) is 6.07 Å². The molecule has 0 aromatic heterocycles. The van der Waals surface area contributed by atoms with E-state index in [1.54, 1.807) is 0 Å². The second-order valence-electron chi connectivity index (χ2n) is 8.79. The van der Waals surface area contributed by atoms with Gasteiger partial charge in [0.15, 0.2) is 0 Å². The SMILES string of the molecule is C[C@]12CCC(C#N)=C[C@@H]1CC[C@H]1[C@H]2CC[C@]2(C)C(=O)CC[C@@H]12. The Labute approximate surface area is 134 Å². The van der Waals surface area contributed by atoms with Crippen LogP contribution in [0.15, 0.2) is 11.6 Å². The molecule has 3 fully saturated rings. The van der Waals surface area contributed by atoms with Crippen LogP contribution in [-0.2, 0) is 4.79 Å². The molecule has 0 aliphatic heterocycles. The van der Waals surface area contributed by atoms with Gasteiger partial charge in [-0.05, 0) is 74.0 Å². The normalized spacial score (nSPS) is 50.4. The lowest BCUT2D eigenvalue weighted by molar-refractivity contribution is -0.135. The van der Waals surface area contributed by atoms with Gasteiger partial charge in [-0.25, -0.2) is 0 Å². The maximum Gasteiger partial charge on any atom is 0.139 e. The second kappa shape index (κ2) is 4.70. The van der Waals surface area contributed by atoms with Gasteiger partial charge in [-0.2, -0.15) is 5.26 Å². The zero-order chi connectivity index (χ0) is 15.5. The number of hydrogen-bond acceptors (Lipinski definition) is 2. The van der Waals surface area contributed by atoms with Crippen molar-refractivity contribution in [2.45, 2.75) is 65.2 Å². The van der Waals surface area contributed by atoms with E-state index in [0.717, 1.165) is 43.1 Å². The summed E-state index contributed by atoms with van der Waals surface area (Å²) in [7, 11) is 0. The van der Waals surface area contributed by atoms with Crippen molar-refractivity contribution in [2.24, 2.45) is 34.5 Å². The topological polar surface area (TPSA) is 40.9 Å². The first-order valence-electron chi connectivity index (χ1n) is 9.13. The first kappa shape index (κ1) is 14.5. The fourth-order valence-electron chi connectivity index (χ4n) is 6.72. The minimum atomic E-state index is -0.00726. The molecule has 4 rings (SSSR count). The van der Waals surface area contributed by atoms with Gasteiger partial charge >= 0.3 is 0 Å². The molecule has 22 heavy (non-hydrogen) atoms. The summed E-state index contributed by atoms with van der Waals surface area (Å²) in [6, 6.07) is 2.39. The molecule has 6 atom stereocenters. The highest BCUT2D eigenvalue weighted by Crippen LogP contribution is 2.64. The van der Waals surface area contributed by atoms with E-state index in [0.29, 0.717) is 23.0 Å². The molecule has 118 valence electrons. The third kappa shape index (κ3) is 1.75. The molecule has 2 heteroatoms. The van der Waals surface area contributed by atoms with Gasteiger partial charge in [0.25, 0.3) is 0 Å². The molecule has 0 aromatic carbocycles. The number of nitrogens with zero attached hydrogens (tertiary/aromatic N) is 1. The number of Topliss-reactive ketones (excluding diaryl/α,β-unsaturated/α-hetero) is 1. The Bertz CT molecular complexity index is 585. The average Bonchev–Trinajstić information content (AvgIpc) is 2.82. The largest absolute Gasteiger partial charge is 0.299 e. The van der Waals surface area contributed by atoms with Gasteiger partial charge in [0.05, 0.1) is 6.07 Å². The lowest BCUT2D eigenvalue weighted by Gasteiger charge is -2.58. The molecule has 4 aliphatic carbocycles. The molecule has 0 bridgehead atoms. The van der Waals surface area contributed by atoms with Crippen LogP contribution in [0.5, 0.6) is 0 Å². The number of allylic oxidation sites excluding steroid dienone is 2. The minimum absolute atomic E-state index is 0.00726. The van der Waals surface area contributed by atoms with Crippen molar-refractivity contribution in [2.75, 3.05) is 0 Å². The number of carbonyl (C=O) groups is 1. The van der Waals surface area contributed by atoms with Crippen molar-refractivity contribution in [1.29, 1.82) is 5.26 Å². The van der Waals surface area contributed by atoms with E-state index in [2.05, 4.69) is 26.0 Å². The molecule has 0 N–H and O–H groups in total. The summed E-state index contributed by atoms with van der Waals surface area (Å²) in [5.74, 6) is 3.30. The van der Waals surface area contributed by atoms with Crippen molar-refractivity contribution < 1.29 is 4.79 Å². The zero-order valence-corrected chi connectivity index (χ0v) is 13.9. The van der Waals surface area contributed by atoms with E-state index in [9.17, 15) is 10.1 Å². The Kier molecular flexibility index (Phi) is 3.09. The molecule has 0 unspecified atom stereocenters. The lowest BCUT2D eigenvalue weighted by Crippen LogP contribution is -2.52. The summed E-state index contributed by atoms with van der Waals surface area (Å²) in [6.07, 6.45) is 11.2. The van der Waals surface area contributed by atoms with E-state index >= 15 is 0 Å². The Morgan fingerprint density at radius 1 is 1.09 bits per heavy atom. The number of fused-ring (bicyclic) bond motifs is 5. The minimum Gasteiger partial charge on any atom is -0.299 e. The van der Waals surface area contributed by atoms with Gasteiger partial charge in [0.2, 0.25) is 0 Å². The van der Waals surface area contributed by atoms with Gasteiger partial charge in [0, 0.05) is 17.4 Å². The summed E-state index contributed by atoms with van der Waals surface area (Å²) >= 11 is 0. The lowest BCUT2D eigenvalue weighted by atomic mass is 9.46. The third-order valence-corrected chi connectivity index (χ3v) is 8.13. The van der Waals surface area contributed by atoms with Gasteiger partial charge < -0.3 is 0 Å². The summed E-state index contributed by atoms with van der Waals surface area (Å²) in [5, 5.41) is 9.23. The predicted molar refractivity (Wildman–Crippen MR) is 85.8 cm³/mol. The average molecular weight is 297 g/mol. The maximum absolute atomic E-state index is 12.4. The van der Waals surface area contributed by atoms with Crippen LogP contribution in [0.3, 0.4) is 0 Å². The highest BCUT2D eigenvalue weighted by atomic mass is 16.1. The van der Waals surface area contributed by atoms with Gasteiger partial charge in [-0.15, -0.1) is 0 Å². The number of ketones is 1. The summed E-state index contributed by atoms with van der Waals surface area (Å²) < 4.78 is 0. The molecule has 3 saturated carbocycles. The van der Waals surface area contributed by atoms with E-state index in [4.69, 9.17) is 0 Å². The van der Waals surface area contributed by atoms with Crippen LogP contribution in [-0.4, -0.2) is 5.78 Å². The fraction of sp³-hybridized carbons (Fsp3) is 0.800. The van der Waals surface area contributed by atoms with Crippen LogP contribution in [0.1, 0.15) is 65.2 Å². The van der Waals surface area contributed by atoms with Gasteiger partial charge in [-0.3, -0.25) is 4.79 Å². The van der Waals surface area contributed by atoms with Crippen LogP contribution in [0.4, 0.5) is 0 Å². The Hall–Kier alpha value is -1.10. The quantitative estimate of drug-likeness (QED) is 0.652. The number of nitriles is 1. The Morgan fingerprint density at radius 2 is 1.91 bits per heavy atom. The summed E-state index contributed by atoms with van der Waals surface area (Å²) in [4.78, 5) is 12.4.